The highest BCUT2D eigenvalue weighted by Crippen LogP contribution is 2.23. The third-order valence-corrected chi connectivity index (χ3v) is 3.40. The van der Waals surface area contributed by atoms with E-state index in [1.54, 1.807) is 11.3 Å². The second-order valence-corrected chi connectivity index (χ2v) is 4.92. The molecule has 0 aliphatic carbocycles. The van der Waals surface area contributed by atoms with E-state index in [9.17, 15) is 0 Å². The number of hydrogen-bond donors (Lipinski definition) is 1. The van der Waals surface area contributed by atoms with Crippen LogP contribution in [0.25, 0.3) is 0 Å². The monoisotopic (exact) mass is 247 g/mol. The smallest absolute Gasteiger partial charge is 0.114 e. The van der Waals surface area contributed by atoms with Crippen molar-refractivity contribution in [2.45, 2.75) is 26.3 Å². The first-order valence-corrected chi connectivity index (χ1v) is 6.74. The molecule has 3 nitrogen and oxygen atoms in total. The van der Waals surface area contributed by atoms with Crippen LogP contribution in [0.1, 0.15) is 35.7 Å². The van der Waals surface area contributed by atoms with Gasteiger partial charge in [0.2, 0.25) is 0 Å². The molecule has 0 fully saturated rings. The van der Waals surface area contributed by atoms with Crippen LogP contribution in [0.2, 0.25) is 0 Å². The molecule has 1 N–H and O–H groups in total. The highest BCUT2D eigenvalue weighted by Gasteiger charge is 2.15. The lowest BCUT2D eigenvalue weighted by Crippen LogP contribution is -2.23. The fraction of sp³-hybridized carbons (Fsp3) is 0.385. The standard InChI is InChI=1S/C13H17N3S/c1-3-6-14-12(13-15-7-8-17-13)11-5-4-10(2)16-9-11/h4-5,7-9,12,14H,3,6H2,1-2H3. The van der Waals surface area contributed by atoms with Crippen molar-refractivity contribution >= 4 is 11.3 Å². The van der Waals surface area contributed by atoms with Crippen LogP contribution in [0.5, 0.6) is 0 Å². The molecule has 0 radical (unpaired) electrons. The lowest BCUT2D eigenvalue weighted by molar-refractivity contribution is 0.594. The van der Waals surface area contributed by atoms with Crippen LogP contribution in [0.4, 0.5) is 0 Å². The summed E-state index contributed by atoms with van der Waals surface area (Å²) in [5, 5.41) is 6.63. The Hall–Kier alpha value is -1.26. The molecule has 2 heterocycles. The first-order valence-electron chi connectivity index (χ1n) is 5.86. The summed E-state index contributed by atoms with van der Waals surface area (Å²) in [6.07, 6.45) is 4.90. The van der Waals surface area contributed by atoms with Gasteiger partial charge in [0.25, 0.3) is 0 Å². The van der Waals surface area contributed by atoms with Gasteiger partial charge in [-0.2, -0.15) is 0 Å². The van der Waals surface area contributed by atoms with Crippen LogP contribution in [0, 0.1) is 6.92 Å². The van der Waals surface area contributed by atoms with Crippen molar-refractivity contribution < 1.29 is 0 Å². The molecule has 0 aromatic carbocycles. The van der Waals surface area contributed by atoms with E-state index in [2.05, 4.69) is 28.3 Å². The van der Waals surface area contributed by atoms with Crippen molar-refractivity contribution in [1.29, 1.82) is 0 Å². The number of nitrogens with zero attached hydrogens (tertiary/aromatic N) is 2. The minimum absolute atomic E-state index is 0.169. The molecule has 2 rings (SSSR count). The van der Waals surface area contributed by atoms with Crippen molar-refractivity contribution in [1.82, 2.24) is 15.3 Å². The molecule has 0 spiro atoms. The molecule has 2 aromatic rings. The number of aryl methyl sites for hydroxylation is 1. The van der Waals surface area contributed by atoms with Gasteiger partial charge >= 0.3 is 0 Å². The molecule has 0 saturated heterocycles. The fourth-order valence-electron chi connectivity index (χ4n) is 1.66. The third-order valence-electron chi connectivity index (χ3n) is 2.56. The van der Waals surface area contributed by atoms with Gasteiger partial charge in [0, 0.05) is 23.5 Å². The molecule has 4 heteroatoms. The Morgan fingerprint density at radius 1 is 1.35 bits per heavy atom. The Morgan fingerprint density at radius 3 is 2.82 bits per heavy atom. The van der Waals surface area contributed by atoms with Gasteiger partial charge in [-0.15, -0.1) is 11.3 Å². The summed E-state index contributed by atoms with van der Waals surface area (Å²) in [6.45, 7) is 5.15. The maximum absolute atomic E-state index is 4.40. The molecule has 17 heavy (non-hydrogen) atoms. The third kappa shape index (κ3) is 3.11. The van der Waals surface area contributed by atoms with Crippen LogP contribution in [0.3, 0.4) is 0 Å². The molecule has 0 bridgehead atoms. The number of pyridine rings is 1. The summed E-state index contributed by atoms with van der Waals surface area (Å²) in [6, 6.07) is 4.34. The number of thiazole rings is 1. The Balaban J connectivity index is 2.23. The Bertz CT molecular complexity index is 436. The van der Waals surface area contributed by atoms with E-state index in [0.717, 1.165) is 23.7 Å². The van der Waals surface area contributed by atoms with E-state index in [-0.39, 0.29) is 6.04 Å². The molecule has 90 valence electrons. The largest absolute Gasteiger partial charge is 0.304 e. The predicted molar refractivity (Wildman–Crippen MR) is 71.2 cm³/mol. The van der Waals surface area contributed by atoms with E-state index < -0.39 is 0 Å². The molecule has 1 unspecified atom stereocenters. The average molecular weight is 247 g/mol. The number of hydrogen-bond acceptors (Lipinski definition) is 4. The van der Waals surface area contributed by atoms with Gasteiger partial charge in [0.15, 0.2) is 0 Å². The first-order chi connectivity index (χ1) is 8.31. The van der Waals surface area contributed by atoms with Gasteiger partial charge in [0.05, 0.1) is 6.04 Å². The van der Waals surface area contributed by atoms with Gasteiger partial charge in [-0.05, 0) is 31.5 Å². The molecule has 0 aliphatic rings. The molecule has 0 aliphatic heterocycles. The van der Waals surface area contributed by atoms with Crippen molar-refractivity contribution in [2.75, 3.05) is 6.54 Å². The van der Waals surface area contributed by atoms with Crippen molar-refractivity contribution in [3.8, 4) is 0 Å². The number of rotatable bonds is 5. The minimum atomic E-state index is 0.169. The highest BCUT2D eigenvalue weighted by molar-refractivity contribution is 7.09. The van der Waals surface area contributed by atoms with Crippen molar-refractivity contribution in [2.24, 2.45) is 0 Å². The summed E-state index contributed by atoms with van der Waals surface area (Å²) in [7, 11) is 0. The molecular formula is C13H17N3S. The quantitative estimate of drug-likeness (QED) is 0.882. The number of nitrogens with one attached hydrogen (secondary N) is 1. The van der Waals surface area contributed by atoms with Crippen LogP contribution >= 0.6 is 11.3 Å². The maximum atomic E-state index is 4.40. The summed E-state index contributed by atoms with van der Waals surface area (Å²) in [5.41, 5.74) is 2.22. The van der Waals surface area contributed by atoms with Crippen LogP contribution < -0.4 is 5.32 Å². The first kappa shape index (κ1) is 12.2. The summed E-state index contributed by atoms with van der Waals surface area (Å²) >= 11 is 1.68. The molecule has 0 amide bonds. The van der Waals surface area contributed by atoms with Gasteiger partial charge < -0.3 is 5.32 Å². The van der Waals surface area contributed by atoms with E-state index in [4.69, 9.17) is 0 Å². The average Bonchev–Trinajstić information content (AvgIpc) is 2.85. The Labute approximate surface area is 106 Å². The van der Waals surface area contributed by atoms with Gasteiger partial charge in [-0.25, -0.2) is 4.98 Å². The summed E-state index contributed by atoms with van der Waals surface area (Å²) < 4.78 is 0. The van der Waals surface area contributed by atoms with Crippen molar-refractivity contribution in [3.63, 3.8) is 0 Å². The van der Waals surface area contributed by atoms with E-state index >= 15 is 0 Å². The zero-order chi connectivity index (χ0) is 12.1. The SMILES string of the molecule is CCCNC(c1ccc(C)nc1)c1nccs1. The Morgan fingerprint density at radius 2 is 2.24 bits per heavy atom. The van der Waals surface area contributed by atoms with Crippen LogP contribution in [-0.2, 0) is 0 Å². The Kier molecular flexibility index (Phi) is 4.23. The number of aromatic nitrogens is 2. The van der Waals surface area contributed by atoms with Crippen LogP contribution in [-0.4, -0.2) is 16.5 Å². The van der Waals surface area contributed by atoms with E-state index in [0.29, 0.717) is 0 Å². The zero-order valence-corrected chi connectivity index (χ0v) is 11.0. The zero-order valence-electron chi connectivity index (χ0n) is 10.2. The fourth-order valence-corrected chi connectivity index (χ4v) is 2.40. The second kappa shape index (κ2) is 5.89. The van der Waals surface area contributed by atoms with Gasteiger partial charge in [-0.3, -0.25) is 4.98 Å². The normalized spacial score (nSPS) is 12.6. The lowest BCUT2D eigenvalue weighted by Gasteiger charge is -2.16. The van der Waals surface area contributed by atoms with E-state index in [1.807, 2.05) is 30.8 Å². The second-order valence-electron chi connectivity index (χ2n) is 3.99. The molecule has 0 saturated carbocycles. The van der Waals surface area contributed by atoms with Crippen LogP contribution in [0.15, 0.2) is 29.9 Å². The summed E-state index contributed by atoms with van der Waals surface area (Å²) in [5.74, 6) is 0. The minimum Gasteiger partial charge on any atom is -0.304 e. The summed E-state index contributed by atoms with van der Waals surface area (Å²) in [4.78, 5) is 8.75. The van der Waals surface area contributed by atoms with Crippen molar-refractivity contribution in [3.05, 3.63) is 46.2 Å². The van der Waals surface area contributed by atoms with E-state index in [1.165, 1.54) is 5.56 Å². The predicted octanol–water partition coefficient (Wildman–Crippen LogP) is 2.94. The van der Waals surface area contributed by atoms with Gasteiger partial charge in [-0.1, -0.05) is 13.0 Å². The maximum Gasteiger partial charge on any atom is 0.114 e. The highest BCUT2D eigenvalue weighted by atomic mass is 32.1. The molecular weight excluding hydrogens is 230 g/mol. The lowest BCUT2D eigenvalue weighted by atomic mass is 10.1. The molecule has 1 atom stereocenters. The molecule has 2 aromatic heterocycles. The van der Waals surface area contributed by atoms with Gasteiger partial charge in [0.1, 0.15) is 5.01 Å². The topological polar surface area (TPSA) is 37.8 Å².